The summed E-state index contributed by atoms with van der Waals surface area (Å²) in [5.74, 6) is 1.44. The largest absolute Gasteiger partial charge is 0.493 e. The molecule has 0 spiro atoms. The first-order valence-corrected chi connectivity index (χ1v) is 9.82. The van der Waals surface area contributed by atoms with E-state index in [9.17, 15) is 4.79 Å². The Morgan fingerprint density at radius 2 is 1.63 bits per heavy atom. The van der Waals surface area contributed by atoms with Crippen molar-refractivity contribution in [2.24, 2.45) is 0 Å². The molecule has 1 amide bonds. The van der Waals surface area contributed by atoms with Crippen LogP contribution in [-0.4, -0.2) is 32.2 Å². The number of hydrogen-bond acceptors (Lipinski definition) is 5. The van der Waals surface area contributed by atoms with Crippen LogP contribution >= 0.6 is 0 Å². The second kappa shape index (κ2) is 8.45. The molecule has 0 aliphatic heterocycles. The van der Waals surface area contributed by atoms with Crippen LogP contribution in [0.25, 0.3) is 11.3 Å². The maximum atomic E-state index is 12.6. The topological polar surface area (TPSA) is 69.7 Å². The molecule has 30 heavy (non-hydrogen) atoms. The second-order valence-corrected chi connectivity index (χ2v) is 7.14. The SMILES string of the molecule is COc1cc(-c2ccc(C(=O)Nc3ccc4c(c3)CCC4)cn2)cc(OC)c1OC. The number of carbonyl (C=O) groups excluding carboxylic acids is 1. The molecular formula is C24H24N2O4. The van der Waals surface area contributed by atoms with Crippen molar-refractivity contribution in [2.75, 3.05) is 26.6 Å². The number of anilines is 1. The van der Waals surface area contributed by atoms with Crippen LogP contribution in [0.3, 0.4) is 0 Å². The minimum Gasteiger partial charge on any atom is -0.493 e. The molecule has 6 heteroatoms. The number of carbonyl (C=O) groups is 1. The number of amides is 1. The molecule has 0 fully saturated rings. The van der Waals surface area contributed by atoms with E-state index in [4.69, 9.17) is 14.2 Å². The summed E-state index contributed by atoms with van der Waals surface area (Å²) in [5, 5.41) is 2.96. The van der Waals surface area contributed by atoms with E-state index in [1.807, 2.05) is 18.2 Å². The number of fused-ring (bicyclic) bond motifs is 1. The molecule has 154 valence electrons. The third-order valence-electron chi connectivity index (χ3n) is 5.34. The van der Waals surface area contributed by atoms with E-state index in [-0.39, 0.29) is 5.91 Å². The van der Waals surface area contributed by atoms with Crippen molar-refractivity contribution in [3.8, 4) is 28.5 Å². The van der Waals surface area contributed by atoms with Crippen LogP contribution in [0.4, 0.5) is 5.69 Å². The highest BCUT2D eigenvalue weighted by Gasteiger charge is 2.16. The highest BCUT2D eigenvalue weighted by Crippen LogP contribution is 2.40. The first-order chi connectivity index (χ1) is 14.6. The van der Waals surface area contributed by atoms with Gasteiger partial charge in [-0.05, 0) is 66.8 Å². The summed E-state index contributed by atoms with van der Waals surface area (Å²) in [7, 11) is 4.70. The highest BCUT2D eigenvalue weighted by atomic mass is 16.5. The molecule has 0 saturated heterocycles. The Hall–Kier alpha value is -3.54. The van der Waals surface area contributed by atoms with Crippen molar-refractivity contribution >= 4 is 11.6 Å². The number of nitrogens with one attached hydrogen (secondary N) is 1. The molecule has 2 aromatic carbocycles. The average molecular weight is 404 g/mol. The Balaban J connectivity index is 1.55. The third-order valence-corrected chi connectivity index (χ3v) is 5.34. The van der Waals surface area contributed by atoms with Gasteiger partial charge < -0.3 is 19.5 Å². The van der Waals surface area contributed by atoms with Gasteiger partial charge in [0.05, 0.1) is 32.6 Å². The number of benzene rings is 2. The maximum Gasteiger partial charge on any atom is 0.257 e. The van der Waals surface area contributed by atoms with Crippen LogP contribution in [0.1, 0.15) is 27.9 Å². The van der Waals surface area contributed by atoms with E-state index in [1.165, 1.54) is 17.5 Å². The van der Waals surface area contributed by atoms with Gasteiger partial charge in [0, 0.05) is 17.4 Å². The Morgan fingerprint density at radius 1 is 0.900 bits per heavy atom. The third kappa shape index (κ3) is 3.81. The Bertz CT molecular complexity index is 1050. The number of aryl methyl sites for hydroxylation is 2. The van der Waals surface area contributed by atoms with Crippen molar-refractivity contribution in [3.63, 3.8) is 0 Å². The molecule has 0 bridgehead atoms. The van der Waals surface area contributed by atoms with Crippen molar-refractivity contribution in [1.82, 2.24) is 4.98 Å². The molecule has 1 aliphatic rings. The summed E-state index contributed by atoms with van der Waals surface area (Å²) in [5.41, 5.74) is 5.51. The van der Waals surface area contributed by atoms with Crippen LogP contribution in [0.2, 0.25) is 0 Å². The molecule has 1 aromatic heterocycles. The van der Waals surface area contributed by atoms with E-state index in [1.54, 1.807) is 39.7 Å². The molecular weight excluding hydrogens is 380 g/mol. The number of methoxy groups -OCH3 is 3. The zero-order valence-electron chi connectivity index (χ0n) is 17.3. The lowest BCUT2D eigenvalue weighted by molar-refractivity contribution is 0.102. The van der Waals surface area contributed by atoms with Gasteiger partial charge in [0.1, 0.15) is 0 Å². The predicted molar refractivity (Wildman–Crippen MR) is 116 cm³/mol. The van der Waals surface area contributed by atoms with E-state index >= 15 is 0 Å². The minimum absolute atomic E-state index is 0.183. The van der Waals surface area contributed by atoms with Gasteiger partial charge in [-0.15, -0.1) is 0 Å². The fourth-order valence-corrected chi connectivity index (χ4v) is 3.78. The lowest BCUT2D eigenvalue weighted by Gasteiger charge is -2.14. The Kier molecular flexibility index (Phi) is 5.57. The van der Waals surface area contributed by atoms with Crippen LogP contribution in [0.15, 0.2) is 48.7 Å². The minimum atomic E-state index is -0.183. The molecule has 3 aromatic rings. The highest BCUT2D eigenvalue weighted by molar-refractivity contribution is 6.04. The van der Waals surface area contributed by atoms with Crippen molar-refractivity contribution < 1.29 is 19.0 Å². The van der Waals surface area contributed by atoms with Gasteiger partial charge in [0.25, 0.3) is 5.91 Å². The summed E-state index contributed by atoms with van der Waals surface area (Å²) in [6.45, 7) is 0. The quantitative estimate of drug-likeness (QED) is 0.654. The van der Waals surface area contributed by atoms with Gasteiger partial charge in [-0.25, -0.2) is 0 Å². The summed E-state index contributed by atoms with van der Waals surface area (Å²) in [6.07, 6.45) is 4.94. The molecule has 1 heterocycles. The maximum absolute atomic E-state index is 12.6. The number of hydrogen-bond donors (Lipinski definition) is 1. The van der Waals surface area contributed by atoms with Gasteiger partial charge in [-0.2, -0.15) is 0 Å². The number of pyridine rings is 1. The summed E-state index contributed by atoms with van der Waals surface area (Å²) < 4.78 is 16.2. The predicted octanol–water partition coefficient (Wildman–Crippen LogP) is 4.52. The van der Waals surface area contributed by atoms with E-state index in [0.717, 1.165) is 24.1 Å². The number of aromatic nitrogens is 1. The number of rotatable bonds is 6. The smallest absolute Gasteiger partial charge is 0.257 e. The number of nitrogens with zero attached hydrogens (tertiary/aromatic N) is 1. The Labute approximate surface area is 175 Å². The lowest BCUT2D eigenvalue weighted by Crippen LogP contribution is -2.12. The molecule has 0 radical (unpaired) electrons. The molecule has 6 nitrogen and oxygen atoms in total. The molecule has 0 unspecified atom stereocenters. The molecule has 4 rings (SSSR count). The molecule has 0 saturated carbocycles. The van der Waals surface area contributed by atoms with E-state index in [2.05, 4.69) is 22.4 Å². The van der Waals surface area contributed by atoms with Crippen molar-refractivity contribution in [3.05, 3.63) is 65.4 Å². The van der Waals surface area contributed by atoms with E-state index in [0.29, 0.717) is 28.5 Å². The van der Waals surface area contributed by atoms with Gasteiger partial charge in [0.2, 0.25) is 5.75 Å². The van der Waals surface area contributed by atoms with Gasteiger partial charge in [-0.3, -0.25) is 9.78 Å². The van der Waals surface area contributed by atoms with Gasteiger partial charge in [0.15, 0.2) is 11.5 Å². The van der Waals surface area contributed by atoms with Gasteiger partial charge >= 0.3 is 0 Å². The summed E-state index contributed by atoms with van der Waals surface area (Å²) in [4.78, 5) is 17.1. The lowest BCUT2D eigenvalue weighted by atomic mass is 10.1. The first kappa shape index (κ1) is 19.8. The fraction of sp³-hybridized carbons (Fsp3) is 0.250. The second-order valence-electron chi connectivity index (χ2n) is 7.14. The zero-order valence-corrected chi connectivity index (χ0v) is 17.3. The van der Waals surface area contributed by atoms with E-state index < -0.39 is 0 Å². The summed E-state index contributed by atoms with van der Waals surface area (Å²) in [6, 6.07) is 13.3. The molecule has 1 aliphatic carbocycles. The standard InChI is InChI=1S/C24H24N2O4/c1-28-21-12-18(13-22(29-2)23(21)30-3)20-10-8-17(14-25-20)24(27)26-19-9-7-15-5-4-6-16(15)11-19/h7-14H,4-6H2,1-3H3,(H,26,27). The monoisotopic (exact) mass is 404 g/mol. The first-order valence-electron chi connectivity index (χ1n) is 9.82. The van der Waals surface area contributed by atoms with Crippen LogP contribution in [0.5, 0.6) is 17.2 Å². The van der Waals surface area contributed by atoms with Crippen LogP contribution in [-0.2, 0) is 12.8 Å². The van der Waals surface area contributed by atoms with Crippen molar-refractivity contribution in [1.29, 1.82) is 0 Å². The average Bonchev–Trinajstić information content (AvgIpc) is 3.26. The van der Waals surface area contributed by atoms with Gasteiger partial charge in [-0.1, -0.05) is 6.07 Å². The molecule has 1 N–H and O–H groups in total. The van der Waals surface area contributed by atoms with Crippen LogP contribution in [0, 0.1) is 0 Å². The summed E-state index contributed by atoms with van der Waals surface area (Å²) >= 11 is 0. The fourth-order valence-electron chi connectivity index (χ4n) is 3.78. The number of ether oxygens (including phenoxy) is 3. The zero-order chi connectivity index (χ0) is 21.1. The van der Waals surface area contributed by atoms with Crippen LogP contribution < -0.4 is 19.5 Å². The Morgan fingerprint density at radius 3 is 2.27 bits per heavy atom. The normalized spacial score (nSPS) is 12.2. The van der Waals surface area contributed by atoms with Crippen molar-refractivity contribution in [2.45, 2.75) is 19.3 Å². The molecule has 0 atom stereocenters.